The zero-order valence-corrected chi connectivity index (χ0v) is 16.3. The molecule has 130 valence electrons. The van der Waals surface area contributed by atoms with Gasteiger partial charge in [0.2, 0.25) is 5.13 Å². The molecule has 1 aromatic carbocycles. The van der Waals surface area contributed by atoms with Gasteiger partial charge in [-0.25, -0.2) is 0 Å². The minimum Gasteiger partial charge on any atom is -0.351 e. The summed E-state index contributed by atoms with van der Waals surface area (Å²) >= 11 is 2.88. The Balaban J connectivity index is 1.60. The Morgan fingerprint density at radius 1 is 1.20 bits per heavy atom. The molecule has 0 aliphatic heterocycles. The number of aromatic nitrogens is 3. The number of Topliss-reactive ketones (excluding diaryl/α,β-unsaturated/α-hetero) is 1. The van der Waals surface area contributed by atoms with Crippen molar-refractivity contribution in [2.75, 3.05) is 11.1 Å². The fraction of sp³-hybridized carbons (Fsp3) is 0.278. The summed E-state index contributed by atoms with van der Waals surface area (Å²) in [6.07, 6.45) is 0. The van der Waals surface area contributed by atoms with Gasteiger partial charge in [-0.2, -0.15) is 0 Å². The molecule has 25 heavy (non-hydrogen) atoms. The first-order valence-electron chi connectivity index (χ1n) is 7.90. The number of nitrogens with zero attached hydrogens (tertiary/aromatic N) is 3. The van der Waals surface area contributed by atoms with E-state index in [1.807, 2.05) is 55.8 Å². The second-order valence-corrected chi connectivity index (χ2v) is 8.12. The summed E-state index contributed by atoms with van der Waals surface area (Å²) < 4.78 is 2.82. The molecular weight excluding hydrogens is 352 g/mol. The number of carbonyl (C=O) groups is 1. The predicted octanol–water partition coefficient (Wildman–Crippen LogP) is 4.52. The van der Waals surface area contributed by atoms with E-state index in [-0.39, 0.29) is 5.78 Å². The Morgan fingerprint density at radius 2 is 1.92 bits per heavy atom. The number of hydrogen-bond acceptors (Lipinski definition) is 6. The van der Waals surface area contributed by atoms with Crippen LogP contribution in [-0.2, 0) is 7.05 Å². The number of aryl methyl sites for hydroxylation is 2. The van der Waals surface area contributed by atoms with Crippen molar-refractivity contribution in [2.24, 2.45) is 7.05 Å². The second-order valence-electron chi connectivity index (χ2n) is 5.92. The van der Waals surface area contributed by atoms with E-state index in [0.717, 1.165) is 32.1 Å². The molecule has 0 unspecified atom stereocenters. The average Bonchev–Trinajstić information content (AvgIpc) is 3.15. The van der Waals surface area contributed by atoms with Crippen LogP contribution in [0.2, 0.25) is 0 Å². The summed E-state index contributed by atoms with van der Waals surface area (Å²) in [6, 6.07) is 10.0. The minimum absolute atomic E-state index is 0.120. The first-order chi connectivity index (χ1) is 11.9. The lowest BCUT2D eigenvalue weighted by Crippen LogP contribution is -2.04. The van der Waals surface area contributed by atoms with E-state index >= 15 is 0 Å². The Labute approximate surface area is 155 Å². The topological polar surface area (TPSA) is 59.8 Å². The van der Waals surface area contributed by atoms with Gasteiger partial charge in [-0.05, 0) is 39.0 Å². The summed E-state index contributed by atoms with van der Waals surface area (Å²) in [5.41, 5.74) is 5.07. The SMILES string of the molecule is Cc1ccc(Nc2nnc(SCC(=O)c3cc(C)n(C)c3C)s2)cc1. The molecule has 0 saturated carbocycles. The van der Waals surface area contributed by atoms with Crippen LogP contribution < -0.4 is 5.32 Å². The maximum absolute atomic E-state index is 12.4. The Morgan fingerprint density at radius 3 is 2.56 bits per heavy atom. The van der Waals surface area contributed by atoms with Gasteiger partial charge in [0, 0.05) is 29.7 Å². The molecule has 0 atom stereocenters. The molecule has 0 saturated heterocycles. The molecular formula is C18H20N4OS2. The molecule has 7 heteroatoms. The number of hydrogen-bond donors (Lipinski definition) is 1. The fourth-order valence-electron chi connectivity index (χ4n) is 2.42. The van der Waals surface area contributed by atoms with Crippen molar-refractivity contribution < 1.29 is 4.79 Å². The fourth-order valence-corrected chi connectivity index (χ4v) is 4.08. The van der Waals surface area contributed by atoms with Crippen molar-refractivity contribution in [1.82, 2.24) is 14.8 Å². The zero-order valence-electron chi connectivity index (χ0n) is 14.7. The second kappa shape index (κ2) is 7.41. The van der Waals surface area contributed by atoms with E-state index in [1.165, 1.54) is 28.7 Å². The van der Waals surface area contributed by atoms with Gasteiger partial charge in [-0.3, -0.25) is 4.79 Å². The number of thioether (sulfide) groups is 1. The molecule has 5 nitrogen and oxygen atoms in total. The van der Waals surface area contributed by atoms with E-state index < -0.39 is 0 Å². The van der Waals surface area contributed by atoms with Gasteiger partial charge in [0.15, 0.2) is 10.1 Å². The van der Waals surface area contributed by atoms with Gasteiger partial charge in [0.25, 0.3) is 0 Å². The number of ketones is 1. The molecule has 0 amide bonds. The van der Waals surface area contributed by atoms with Crippen molar-refractivity contribution in [3.8, 4) is 0 Å². The van der Waals surface area contributed by atoms with Crippen LogP contribution >= 0.6 is 23.1 Å². The number of carbonyl (C=O) groups excluding carboxylic acids is 1. The lowest BCUT2D eigenvalue weighted by molar-refractivity contribution is 0.102. The Bertz CT molecular complexity index is 896. The van der Waals surface area contributed by atoms with Crippen LogP contribution in [0.5, 0.6) is 0 Å². The zero-order chi connectivity index (χ0) is 18.0. The smallest absolute Gasteiger partial charge is 0.210 e. The Kier molecular flexibility index (Phi) is 5.24. The largest absolute Gasteiger partial charge is 0.351 e. The number of benzene rings is 1. The molecule has 0 bridgehead atoms. The number of anilines is 2. The standard InChI is InChI=1S/C18H20N4OS2/c1-11-5-7-14(8-6-11)19-17-20-21-18(25-17)24-10-16(23)15-9-12(2)22(4)13(15)3/h5-9H,10H2,1-4H3,(H,19,20). The number of nitrogens with one attached hydrogen (secondary N) is 1. The van der Waals surface area contributed by atoms with Crippen molar-refractivity contribution in [3.63, 3.8) is 0 Å². The van der Waals surface area contributed by atoms with Gasteiger partial charge in [-0.15, -0.1) is 10.2 Å². The van der Waals surface area contributed by atoms with Gasteiger partial charge >= 0.3 is 0 Å². The van der Waals surface area contributed by atoms with Crippen LogP contribution in [0, 0.1) is 20.8 Å². The molecule has 0 aliphatic rings. The highest BCUT2D eigenvalue weighted by atomic mass is 32.2. The summed E-state index contributed by atoms with van der Waals surface area (Å²) in [7, 11) is 1.97. The monoisotopic (exact) mass is 372 g/mol. The third-order valence-corrected chi connectivity index (χ3v) is 6.08. The van der Waals surface area contributed by atoms with E-state index in [0.29, 0.717) is 5.75 Å². The molecule has 2 heterocycles. The highest BCUT2D eigenvalue weighted by Gasteiger charge is 2.15. The van der Waals surface area contributed by atoms with Crippen molar-refractivity contribution in [3.05, 3.63) is 52.8 Å². The van der Waals surface area contributed by atoms with Crippen LogP contribution in [0.4, 0.5) is 10.8 Å². The van der Waals surface area contributed by atoms with Crippen LogP contribution in [0.1, 0.15) is 27.3 Å². The summed E-state index contributed by atoms with van der Waals surface area (Å²) in [5.74, 6) is 0.484. The maximum Gasteiger partial charge on any atom is 0.210 e. The van der Waals surface area contributed by atoms with Crippen molar-refractivity contribution >= 4 is 39.7 Å². The summed E-state index contributed by atoms with van der Waals surface area (Å²) in [6.45, 7) is 6.03. The molecule has 3 rings (SSSR count). The number of rotatable bonds is 6. The van der Waals surface area contributed by atoms with E-state index in [4.69, 9.17) is 0 Å². The van der Waals surface area contributed by atoms with Crippen LogP contribution in [-0.4, -0.2) is 26.3 Å². The first kappa shape index (κ1) is 17.7. The van der Waals surface area contributed by atoms with Crippen molar-refractivity contribution in [2.45, 2.75) is 25.1 Å². The lowest BCUT2D eigenvalue weighted by atomic mass is 10.2. The average molecular weight is 373 g/mol. The third kappa shape index (κ3) is 4.11. The van der Waals surface area contributed by atoms with Crippen molar-refractivity contribution in [1.29, 1.82) is 0 Å². The van der Waals surface area contributed by atoms with Crippen LogP contribution in [0.25, 0.3) is 0 Å². The quantitative estimate of drug-likeness (QED) is 0.509. The van der Waals surface area contributed by atoms with Gasteiger partial charge in [0.05, 0.1) is 5.75 Å². The maximum atomic E-state index is 12.4. The Hall–Kier alpha value is -2.12. The molecule has 0 spiro atoms. The molecule has 1 N–H and O–H groups in total. The van der Waals surface area contributed by atoms with Gasteiger partial charge in [0.1, 0.15) is 0 Å². The highest BCUT2D eigenvalue weighted by molar-refractivity contribution is 8.01. The van der Waals surface area contributed by atoms with Crippen LogP contribution in [0.3, 0.4) is 0 Å². The molecule has 0 fully saturated rings. The van der Waals surface area contributed by atoms with E-state index in [9.17, 15) is 4.79 Å². The van der Waals surface area contributed by atoms with E-state index in [2.05, 4.69) is 22.4 Å². The summed E-state index contributed by atoms with van der Waals surface area (Å²) in [5, 5.41) is 12.3. The third-order valence-electron chi connectivity index (χ3n) is 4.11. The van der Waals surface area contributed by atoms with Crippen LogP contribution in [0.15, 0.2) is 34.7 Å². The normalized spacial score (nSPS) is 10.9. The first-order valence-corrected chi connectivity index (χ1v) is 9.70. The lowest BCUT2D eigenvalue weighted by Gasteiger charge is -2.01. The summed E-state index contributed by atoms with van der Waals surface area (Å²) in [4.78, 5) is 12.4. The highest BCUT2D eigenvalue weighted by Crippen LogP contribution is 2.28. The van der Waals surface area contributed by atoms with Gasteiger partial charge < -0.3 is 9.88 Å². The van der Waals surface area contributed by atoms with E-state index in [1.54, 1.807) is 0 Å². The predicted molar refractivity (Wildman–Crippen MR) is 104 cm³/mol. The minimum atomic E-state index is 0.120. The molecule has 0 radical (unpaired) electrons. The molecule has 3 aromatic rings. The molecule has 2 aromatic heterocycles. The molecule has 0 aliphatic carbocycles. The van der Waals surface area contributed by atoms with Gasteiger partial charge in [-0.1, -0.05) is 40.8 Å².